The monoisotopic (exact) mass is 317 g/mol. The van der Waals surface area contributed by atoms with E-state index in [9.17, 15) is 23.5 Å². The highest BCUT2D eigenvalue weighted by Crippen LogP contribution is 2.31. The van der Waals surface area contributed by atoms with Crippen LogP contribution in [0.1, 0.15) is 27.8 Å². The molecule has 5 heteroatoms. The lowest BCUT2D eigenvalue weighted by molar-refractivity contribution is -0.137. The molecule has 0 atom stereocenters. The Hall–Kier alpha value is -2.74. The molecule has 0 aromatic heterocycles. The number of allylic oxidation sites excluding steroid dienone is 1. The van der Waals surface area contributed by atoms with Crippen molar-refractivity contribution in [3.8, 4) is 11.8 Å². The third kappa shape index (κ3) is 3.72. The first-order valence-electron chi connectivity index (χ1n) is 6.82. The van der Waals surface area contributed by atoms with Gasteiger partial charge < -0.3 is 5.11 Å². The van der Waals surface area contributed by atoms with Crippen molar-refractivity contribution in [2.75, 3.05) is 0 Å². The molecule has 0 radical (unpaired) electrons. The molecule has 0 heterocycles. The molecule has 0 fully saturated rings. The largest absolute Gasteiger partial charge is 0.507 e. The summed E-state index contributed by atoms with van der Waals surface area (Å²) in [4.78, 5) is 0. The second-order valence-electron chi connectivity index (χ2n) is 5.25. The average Bonchev–Trinajstić information content (AvgIpc) is 2.49. The SMILES string of the molecule is Cc1cc(/C=C(/C#N)c2ccc(C(F)(F)F)cc2)cc(C)c1O. The first-order valence-corrected chi connectivity index (χ1v) is 6.82. The smallest absolute Gasteiger partial charge is 0.416 e. The minimum Gasteiger partial charge on any atom is -0.507 e. The van der Waals surface area contributed by atoms with E-state index in [4.69, 9.17) is 0 Å². The zero-order valence-corrected chi connectivity index (χ0v) is 12.6. The van der Waals surface area contributed by atoms with Gasteiger partial charge in [-0.2, -0.15) is 18.4 Å². The number of aromatic hydroxyl groups is 1. The molecule has 2 rings (SSSR count). The second-order valence-corrected chi connectivity index (χ2v) is 5.25. The van der Waals surface area contributed by atoms with Crippen LogP contribution in [-0.4, -0.2) is 5.11 Å². The summed E-state index contributed by atoms with van der Waals surface area (Å²) in [6, 6.07) is 9.88. The number of rotatable bonds is 2. The molecular formula is C18H14F3NO. The number of nitriles is 1. The molecule has 0 bridgehead atoms. The number of phenolic OH excluding ortho intramolecular Hbond substituents is 1. The molecule has 0 unspecified atom stereocenters. The van der Waals surface area contributed by atoms with Crippen LogP contribution < -0.4 is 0 Å². The van der Waals surface area contributed by atoms with Crippen LogP contribution in [0.15, 0.2) is 36.4 Å². The molecule has 118 valence electrons. The first kappa shape index (κ1) is 16.6. The van der Waals surface area contributed by atoms with Crippen LogP contribution >= 0.6 is 0 Å². The number of hydrogen-bond acceptors (Lipinski definition) is 2. The van der Waals surface area contributed by atoms with E-state index in [0.717, 1.165) is 12.1 Å². The lowest BCUT2D eigenvalue weighted by Gasteiger charge is -2.08. The van der Waals surface area contributed by atoms with E-state index in [2.05, 4.69) is 0 Å². The predicted molar refractivity (Wildman–Crippen MR) is 82.5 cm³/mol. The van der Waals surface area contributed by atoms with Crippen molar-refractivity contribution in [3.05, 3.63) is 64.2 Å². The van der Waals surface area contributed by atoms with Gasteiger partial charge in [-0.05, 0) is 66.4 Å². The number of nitrogens with zero attached hydrogens (tertiary/aromatic N) is 1. The molecular weight excluding hydrogens is 303 g/mol. The van der Waals surface area contributed by atoms with Crippen LogP contribution in [-0.2, 0) is 6.18 Å². The molecule has 2 aromatic rings. The quantitative estimate of drug-likeness (QED) is 0.619. The van der Waals surface area contributed by atoms with Gasteiger partial charge in [-0.15, -0.1) is 0 Å². The number of phenols is 1. The topological polar surface area (TPSA) is 44.0 Å². The zero-order valence-electron chi connectivity index (χ0n) is 12.6. The van der Waals surface area contributed by atoms with Gasteiger partial charge in [-0.1, -0.05) is 12.1 Å². The number of aryl methyl sites for hydroxylation is 2. The van der Waals surface area contributed by atoms with Gasteiger partial charge in [0.2, 0.25) is 0 Å². The molecule has 0 aliphatic carbocycles. The van der Waals surface area contributed by atoms with Crippen LogP contribution in [0, 0.1) is 25.2 Å². The number of benzene rings is 2. The Morgan fingerprint density at radius 1 is 1.09 bits per heavy atom. The van der Waals surface area contributed by atoms with Crippen molar-refractivity contribution in [2.24, 2.45) is 0 Å². The third-order valence-corrected chi connectivity index (χ3v) is 3.47. The predicted octanol–water partition coefficient (Wildman–Crippen LogP) is 5.09. The van der Waals surface area contributed by atoms with Gasteiger partial charge >= 0.3 is 6.18 Å². The van der Waals surface area contributed by atoms with Crippen LogP contribution in [0.25, 0.3) is 11.6 Å². The molecule has 2 nitrogen and oxygen atoms in total. The van der Waals surface area contributed by atoms with E-state index in [1.165, 1.54) is 12.1 Å². The fourth-order valence-corrected chi connectivity index (χ4v) is 2.26. The van der Waals surface area contributed by atoms with Crippen molar-refractivity contribution in [2.45, 2.75) is 20.0 Å². The zero-order chi connectivity index (χ0) is 17.2. The maximum atomic E-state index is 12.6. The summed E-state index contributed by atoms with van der Waals surface area (Å²) in [7, 11) is 0. The van der Waals surface area contributed by atoms with Gasteiger partial charge in [0.1, 0.15) is 5.75 Å². The van der Waals surface area contributed by atoms with Crippen molar-refractivity contribution in [3.63, 3.8) is 0 Å². The molecule has 2 aromatic carbocycles. The van der Waals surface area contributed by atoms with Crippen molar-refractivity contribution in [1.82, 2.24) is 0 Å². The number of halogens is 3. The molecule has 0 aliphatic rings. The average molecular weight is 317 g/mol. The maximum Gasteiger partial charge on any atom is 0.416 e. The number of alkyl halides is 3. The van der Waals surface area contributed by atoms with Gasteiger partial charge in [0.25, 0.3) is 0 Å². The molecule has 0 saturated heterocycles. The van der Waals surface area contributed by atoms with Gasteiger partial charge in [0.15, 0.2) is 0 Å². The Kier molecular flexibility index (Phi) is 4.46. The molecule has 0 spiro atoms. The Labute approximate surface area is 132 Å². The minimum absolute atomic E-state index is 0.190. The Balaban J connectivity index is 2.42. The molecule has 0 aliphatic heterocycles. The summed E-state index contributed by atoms with van der Waals surface area (Å²) in [5.41, 5.74) is 1.94. The molecule has 23 heavy (non-hydrogen) atoms. The highest BCUT2D eigenvalue weighted by Gasteiger charge is 2.30. The van der Waals surface area contributed by atoms with E-state index in [-0.39, 0.29) is 11.3 Å². The molecule has 1 N–H and O–H groups in total. The normalized spacial score (nSPS) is 12.1. The fourth-order valence-electron chi connectivity index (χ4n) is 2.26. The molecule has 0 saturated carbocycles. The summed E-state index contributed by atoms with van der Waals surface area (Å²) in [6.07, 6.45) is -2.82. The van der Waals surface area contributed by atoms with E-state index in [1.807, 2.05) is 6.07 Å². The van der Waals surface area contributed by atoms with E-state index >= 15 is 0 Å². The van der Waals surface area contributed by atoms with Gasteiger partial charge in [0, 0.05) is 0 Å². The van der Waals surface area contributed by atoms with E-state index in [0.29, 0.717) is 22.3 Å². The van der Waals surface area contributed by atoms with Crippen LogP contribution in [0.3, 0.4) is 0 Å². The Bertz CT molecular complexity index is 773. The lowest BCUT2D eigenvalue weighted by atomic mass is 10.00. The van der Waals surface area contributed by atoms with Crippen molar-refractivity contribution in [1.29, 1.82) is 5.26 Å². The van der Waals surface area contributed by atoms with E-state index in [1.54, 1.807) is 32.1 Å². The van der Waals surface area contributed by atoms with E-state index < -0.39 is 11.7 Å². The highest BCUT2D eigenvalue weighted by atomic mass is 19.4. The van der Waals surface area contributed by atoms with Crippen LogP contribution in [0.2, 0.25) is 0 Å². The van der Waals surface area contributed by atoms with Gasteiger partial charge in [0.05, 0.1) is 17.2 Å². The fraction of sp³-hybridized carbons (Fsp3) is 0.167. The Morgan fingerprint density at radius 2 is 1.61 bits per heavy atom. The second kappa shape index (κ2) is 6.17. The maximum absolute atomic E-state index is 12.6. The summed E-state index contributed by atoms with van der Waals surface area (Å²) in [5.74, 6) is 0.190. The molecule has 0 amide bonds. The number of hydrogen-bond donors (Lipinski definition) is 1. The van der Waals surface area contributed by atoms with Crippen molar-refractivity contribution < 1.29 is 18.3 Å². The minimum atomic E-state index is -4.40. The standard InChI is InChI=1S/C18H14F3NO/c1-11-7-13(8-12(2)17(11)23)9-15(10-22)14-3-5-16(6-4-14)18(19,20)21/h3-9,23H,1-2H3/b15-9-. The Morgan fingerprint density at radius 3 is 2.04 bits per heavy atom. The summed E-state index contributed by atoms with van der Waals surface area (Å²) >= 11 is 0. The lowest BCUT2D eigenvalue weighted by Crippen LogP contribution is -2.04. The van der Waals surface area contributed by atoms with Crippen LogP contribution in [0.5, 0.6) is 5.75 Å². The highest BCUT2D eigenvalue weighted by molar-refractivity contribution is 5.89. The summed E-state index contributed by atoms with van der Waals surface area (Å²) < 4.78 is 37.7. The summed E-state index contributed by atoms with van der Waals surface area (Å²) in [5, 5.41) is 19.0. The van der Waals surface area contributed by atoms with Gasteiger partial charge in [-0.25, -0.2) is 0 Å². The van der Waals surface area contributed by atoms with Gasteiger partial charge in [-0.3, -0.25) is 0 Å². The van der Waals surface area contributed by atoms with Crippen molar-refractivity contribution >= 4 is 11.6 Å². The van der Waals surface area contributed by atoms with Crippen LogP contribution in [0.4, 0.5) is 13.2 Å². The summed E-state index contributed by atoms with van der Waals surface area (Å²) in [6.45, 7) is 3.48. The third-order valence-electron chi connectivity index (χ3n) is 3.47. The first-order chi connectivity index (χ1) is 10.7.